The van der Waals surface area contributed by atoms with E-state index >= 15 is 0 Å². The third-order valence-electron chi connectivity index (χ3n) is 3.52. The number of hydrogen-bond donors (Lipinski definition) is 2. The molecule has 1 aromatic rings. The van der Waals surface area contributed by atoms with Gasteiger partial charge in [0.15, 0.2) is 0 Å². The topological polar surface area (TPSA) is 72.2 Å². The summed E-state index contributed by atoms with van der Waals surface area (Å²) in [6.45, 7) is 0.780. The summed E-state index contributed by atoms with van der Waals surface area (Å²) in [7, 11) is -3.42. The molecule has 0 unspecified atom stereocenters. The number of sulfonamides is 1. The van der Waals surface area contributed by atoms with Crippen molar-refractivity contribution in [2.45, 2.75) is 37.1 Å². The molecule has 1 saturated carbocycles. The Kier molecular flexibility index (Phi) is 4.37. The number of hydrogen-bond acceptors (Lipinski definition) is 3. The highest BCUT2D eigenvalue weighted by molar-refractivity contribution is 7.89. The first-order valence-electron chi connectivity index (χ1n) is 6.41. The molecule has 0 atom stereocenters. The van der Waals surface area contributed by atoms with E-state index in [2.05, 4.69) is 4.72 Å². The lowest BCUT2D eigenvalue weighted by molar-refractivity contribution is 0.519. The Morgan fingerprint density at radius 3 is 2.56 bits per heavy atom. The smallest absolute Gasteiger partial charge is 0.240 e. The van der Waals surface area contributed by atoms with Crippen molar-refractivity contribution in [3.8, 4) is 0 Å². The molecule has 0 aromatic heterocycles. The Morgan fingerprint density at radius 2 is 1.89 bits per heavy atom. The summed E-state index contributed by atoms with van der Waals surface area (Å²) >= 11 is 0. The molecule has 1 aliphatic rings. The molecule has 0 heterocycles. The van der Waals surface area contributed by atoms with Crippen LogP contribution in [0.15, 0.2) is 29.2 Å². The highest BCUT2D eigenvalue weighted by Crippen LogP contribution is 2.24. The third kappa shape index (κ3) is 3.10. The van der Waals surface area contributed by atoms with Crippen LogP contribution in [0.3, 0.4) is 0 Å². The van der Waals surface area contributed by atoms with E-state index in [-0.39, 0.29) is 6.54 Å². The minimum atomic E-state index is -3.42. The molecule has 0 amide bonds. The second kappa shape index (κ2) is 5.82. The molecular weight excluding hydrogens is 248 g/mol. The fourth-order valence-corrected chi connectivity index (χ4v) is 3.82. The van der Waals surface area contributed by atoms with Crippen molar-refractivity contribution in [2.24, 2.45) is 11.7 Å². The van der Waals surface area contributed by atoms with Crippen molar-refractivity contribution in [1.29, 1.82) is 0 Å². The number of nitrogens with two attached hydrogens (primary N) is 1. The van der Waals surface area contributed by atoms with Gasteiger partial charge in [-0.05, 0) is 30.4 Å². The van der Waals surface area contributed by atoms with Crippen LogP contribution in [0.1, 0.15) is 31.2 Å². The van der Waals surface area contributed by atoms with Crippen molar-refractivity contribution in [3.63, 3.8) is 0 Å². The maximum absolute atomic E-state index is 12.2. The van der Waals surface area contributed by atoms with Crippen LogP contribution < -0.4 is 10.5 Å². The van der Waals surface area contributed by atoms with Crippen LogP contribution in [0.25, 0.3) is 0 Å². The van der Waals surface area contributed by atoms with Gasteiger partial charge in [-0.25, -0.2) is 13.1 Å². The molecule has 3 N–H and O–H groups in total. The molecule has 18 heavy (non-hydrogen) atoms. The zero-order chi connectivity index (χ0) is 13.0. The first-order valence-corrected chi connectivity index (χ1v) is 7.89. The summed E-state index contributed by atoms with van der Waals surface area (Å²) < 4.78 is 27.1. The van der Waals surface area contributed by atoms with Gasteiger partial charge in [-0.1, -0.05) is 31.0 Å². The average molecular weight is 268 g/mol. The van der Waals surface area contributed by atoms with Gasteiger partial charge >= 0.3 is 0 Å². The minimum Gasteiger partial charge on any atom is -0.326 e. The molecule has 5 heteroatoms. The number of rotatable bonds is 5. The van der Waals surface area contributed by atoms with Crippen LogP contribution in [0.4, 0.5) is 0 Å². The van der Waals surface area contributed by atoms with E-state index in [0.717, 1.165) is 12.8 Å². The normalized spacial score (nSPS) is 17.2. The maximum atomic E-state index is 12.2. The number of benzene rings is 1. The summed E-state index contributed by atoms with van der Waals surface area (Å²) in [5, 5.41) is 0. The van der Waals surface area contributed by atoms with Crippen LogP contribution >= 0.6 is 0 Å². The molecule has 0 bridgehead atoms. The van der Waals surface area contributed by atoms with Crippen LogP contribution in [-0.4, -0.2) is 15.0 Å². The highest BCUT2D eigenvalue weighted by Gasteiger charge is 2.21. The molecular formula is C13H20N2O2S. The molecule has 0 saturated heterocycles. The van der Waals surface area contributed by atoms with E-state index in [1.165, 1.54) is 12.8 Å². The quantitative estimate of drug-likeness (QED) is 0.852. The Bertz CT molecular complexity index is 493. The van der Waals surface area contributed by atoms with Gasteiger partial charge in [0.2, 0.25) is 10.0 Å². The molecule has 0 spiro atoms. The molecule has 0 radical (unpaired) electrons. The Labute approximate surface area is 109 Å². The maximum Gasteiger partial charge on any atom is 0.240 e. The van der Waals surface area contributed by atoms with Crippen molar-refractivity contribution in [3.05, 3.63) is 29.8 Å². The van der Waals surface area contributed by atoms with Crippen LogP contribution in [-0.2, 0) is 16.6 Å². The van der Waals surface area contributed by atoms with Gasteiger partial charge in [-0.3, -0.25) is 0 Å². The highest BCUT2D eigenvalue weighted by atomic mass is 32.2. The molecule has 100 valence electrons. The molecule has 0 aliphatic heterocycles. The summed E-state index contributed by atoms with van der Waals surface area (Å²) in [5.41, 5.74) is 6.24. The van der Waals surface area contributed by atoms with E-state index in [1.54, 1.807) is 24.3 Å². The van der Waals surface area contributed by atoms with Crippen molar-refractivity contribution >= 4 is 10.0 Å². The Balaban J connectivity index is 2.09. The standard InChI is InChI=1S/C13H20N2O2S/c14-9-12-7-3-4-8-13(12)18(16,17)15-10-11-5-1-2-6-11/h3-4,7-8,11,15H,1-2,5-6,9-10,14H2. The number of nitrogens with one attached hydrogen (secondary N) is 1. The summed E-state index contributed by atoms with van der Waals surface area (Å²) in [5.74, 6) is 0.491. The summed E-state index contributed by atoms with van der Waals surface area (Å²) in [4.78, 5) is 0.311. The second-order valence-electron chi connectivity index (χ2n) is 4.81. The Hall–Kier alpha value is -0.910. The van der Waals surface area contributed by atoms with Gasteiger partial charge in [-0.2, -0.15) is 0 Å². The zero-order valence-electron chi connectivity index (χ0n) is 10.4. The van der Waals surface area contributed by atoms with Gasteiger partial charge in [-0.15, -0.1) is 0 Å². The van der Waals surface area contributed by atoms with Crippen LogP contribution in [0.2, 0.25) is 0 Å². The lowest BCUT2D eigenvalue weighted by atomic mass is 10.1. The molecule has 1 aromatic carbocycles. The lowest BCUT2D eigenvalue weighted by Crippen LogP contribution is -2.29. The predicted octanol–water partition coefficient (Wildman–Crippen LogP) is 1.61. The summed E-state index contributed by atoms with van der Waals surface area (Å²) in [6.07, 6.45) is 4.68. The van der Waals surface area contributed by atoms with E-state index in [1.807, 2.05) is 0 Å². The van der Waals surface area contributed by atoms with Gasteiger partial charge in [0.05, 0.1) is 4.90 Å². The van der Waals surface area contributed by atoms with Crippen molar-refractivity contribution in [1.82, 2.24) is 4.72 Å². The van der Waals surface area contributed by atoms with Crippen LogP contribution in [0, 0.1) is 5.92 Å². The van der Waals surface area contributed by atoms with Crippen molar-refractivity contribution < 1.29 is 8.42 Å². The van der Waals surface area contributed by atoms with Crippen LogP contribution in [0.5, 0.6) is 0 Å². The van der Waals surface area contributed by atoms with E-state index in [4.69, 9.17) is 5.73 Å². The monoisotopic (exact) mass is 268 g/mol. The largest absolute Gasteiger partial charge is 0.326 e. The molecule has 1 fully saturated rings. The fraction of sp³-hybridized carbons (Fsp3) is 0.538. The van der Waals surface area contributed by atoms with Gasteiger partial charge in [0, 0.05) is 13.1 Å². The average Bonchev–Trinajstić information content (AvgIpc) is 2.89. The second-order valence-corrected chi connectivity index (χ2v) is 6.55. The first kappa shape index (κ1) is 13.5. The zero-order valence-corrected chi connectivity index (χ0v) is 11.2. The van der Waals surface area contributed by atoms with E-state index in [0.29, 0.717) is 22.9 Å². The van der Waals surface area contributed by atoms with Gasteiger partial charge in [0.25, 0.3) is 0 Å². The molecule has 2 rings (SSSR count). The summed E-state index contributed by atoms with van der Waals surface area (Å²) in [6, 6.07) is 6.89. The fourth-order valence-electron chi connectivity index (χ4n) is 2.45. The van der Waals surface area contributed by atoms with E-state index in [9.17, 15) is 8.42 Å². The molecule has 1 aliphatic carbocycles. The minimum absolute atomic E-state index is 0.237. The van der Waals surface area contributed by atoms with E-state index < -0.39 is 10.0 Å². The van der Waals surface area contributed by atoms with Gasteiger partial charge < -0.3 is 5.73 Å². The first-order chi connectivity index (χ1) is 8.63. The Morgan fingerprint density at radius 1 is 1.22 bits per heavy atom. The third-order valence-corrected chi connectivity index (χ3v) is 5.04. The SMILES string of the molecule is NCc1ccccc1S(=O)(=O)NCC1CCCC1. The predicted molar refractivity (Wildman–Crippen MR) is 71.5 cm³/mol. The van der Waals surface area contributed by atoms with Crippen molar-refractivity contribution in [2.75, 3.05) is 6.54 Å². The lowest BCUT2D eigenvalue weighted by Gasteiger charge is -2.13. The van der Waals surface area contributed by atoms with Gasteiger partial charge in [0.1, 0.15) is 0 Å². The molecule has 4 nitrogen and oxygen atoms in total.